The molecule has 0 aliphatic heterocycles. The third-order valence-electron chi connectivity index (χ3n) is 2.88. The van der Waals surface area contributed by atoms with Gasteiger partial charge in [-0.3, -0.25) is 0 Å². The Morgan fingerprint density at radius 2 is 1.83 bits per heavy atom. The largest absolute Gasteiger partial charge is 0.497 e. The molecule has 3 heteroatoms. The number of ether oxygens (including phenoxy) is 1. The van der Waals surface area contributed by atoms with E-state index in [9.17, 15) is 0 Å². The summed E-state index contributed by atoms with van der Waals surface area (Å²) in [7, 11) is 1.68. The Balaban J connectivity index is 2.07. The van der Waals surface area contributed by atoms with E-state index in [1.54, 1.807) is 18.4 Å². The molecule has 0 bridgehead atoms. The van der Waals surface area contributed by atoms with Gasteiger partial charge in [-0.25, -0.2) is 4.98 Å². The Morgan fingerprint density at radius 1 is 1.06 bits per heavy atom. The molecule has 0 aliphatic rings. The van der Waals surface area contributed by atoms with E-state index >= 15 is 0 Å². The van der Waals surface area contributed by atoms with Crippen molar-refractivity contribution in [1.82, 2.24) is 4.98 Å². The molecule has 0 aliphatic carbocycles. The summed E-state index contributed by atoms with van der Waals surface area (Å²) in [6, 6.07) is 14.4. The van der Waals surface area contributed by atoms with Crippen LogP contribution in [0.1, 0.15) is 5.56 Å². The number of rotatable bonds is 2. The van der Waals surface area contributed by atoms with Crippen molar-refractivity contribution in [2.75, 3.05) is 7.11 Å². The predicted molar refractivity (Wildman–Crippen MR) is 76.3 cm³/mol. The van der Waals surface area contributed by atoms with Crippen LogP contribution in [0.3, 0.4) is 0 Å². The number of methoxy groups -OCH3 is 1. The molecule has 1 aromatic heterocycles. The van der Waals surface area contributed by atoms with Crippen LogP contribution in [0.2, 0.25) is 0 Å². The molecule has 0 atom stereocenters. The molecule has 0 saturated heterocycles. The number of aromatic nitrogens is 1. The lowest BCUT2D eigenvalue weighted by Gasteiger charge is -1.99. The second-order valence-electron chi connectivity index (χ2n) is 4.22. The van der Waals surface area contributed by atoms with Gasteiger partial charge < -0.3 is 4.74 Å². The van der Waals surface area contributed by atoms with Crippen molar-refractivity contribution in [3.63, 3.8) is 0 Å². The molecule has 3 aromatic rings. The summed E-state index contributed by atoms with van der Waals surface area (Å²) in [5, 5.41) is 1.05. The Labute approximate surface area is 110 Å². The van der Waals surface area contributed by atoms with E-state index in [0.29, 0.717) is 0 Å². The standard InChI is InChI=1S/C15H13NOS/c1-10-3-8-13-14(9-10)18-15(16-13)11-4-6-12(17-2)7-5-11/h3-9H,1-2H3. The highest BCUT2D eigenvalue weighted by molar-refractivity contribution is 7.21. The summed E-state index contributed by atoms with van der Waals surface area (Å²) in [4.78, 5) is 4.66. The van der Waals surface area contributed by atoms with Gasteiger partial charge in [-0.2, -0.15) is 0 Å². The molecular weight excluding hydrogens is 242 g/mol. The number of hydrogen-bond acceptors (Lipinski definition) is 3. The maximum absolute atomic E-state index is 5.16. The summed E-state index contributed by atoms with van der Waals surface area (Å²) >= 11 is 1.73. The van der Waals surface area contributed by atoms with Crippen LogP contribution < -0.4 is 4.74 Å². The third kappa shape index (κ3) is 1.97. The molecule has 0 radical (unpaired) electrons. The Kier molecular flexibility index (Phi) is 2.76. The normalized spacial score (nSPS) is 10.8. The molecule has 18 heavy (non-hydrogen) atoms. The van der Waals surface area contributed by atoms with Gasteiger partial charge in [0.05, 0.1) is 17.3 Å². The minimum absolute atomic E-state index is 0.871. The summed E-state index contributed by atoms with van der Waals surface area (Å²) in [6.45, 7) is 2.10. The van der Waals surface area contributed by atoms with Gasteiger partial charge in [0.15, 0.2) is 0 Å². The topological polar surface area (TPSA) is 22.1 Å². The summed E-state index contributed by atoms with van der Waals surface area (Å²) < 4.78 is 6.40. The molecule has 0 unspecified atom stereocenters. The summed E-state index contributed by atoms with van der Waals surface area (Å²) in [5.41, 5.74) is 3.47. The van der Waals surface area contributed by atoms with Gasteiger partial charge in [0.25, 0.3) is 0 Å². The first-order valence-corrected chi connectivity index (χ1v) is 6.59. The highest BCUT2D eigenvalue weighted by Crippen LogP contribution is 2.31. The van der Waals surface area contributed by atoms with Crippen LogP contribution in [-0.4, -0.2) is 12.1 Å². The monoisotopic (exact) mass is 255 g/mol. The molecule has 2 nitrogen and oxygen atoms in total. The fraction of sp³-hybridized carbons (Fsp3) is 0.133. The van der Waals surface area contributed by atoms with Gasteiger partial charge in [-0.05, 0) is 48.9 Å². The van der Waals surface area contributed by atoms with Crippen molar-refractivity contribution in [2.24, 2.45) is 0 Å². The van der Waals surface area contributed by atoms with E-state index in [-0.39, 0.29) is 0 Å². The van der Waals surface area contributed by atoms with E-state index in [2.05, 4.69) is 30.1 Å². The zero-order valence-corrected chi connectivity index (χ0v) is 11.1. The van der Waals surface area contributed by atoms with Gasteiger partial charge in [0.1, 0.15) is 10.8 Å². The van der Waals surface area contributed by atoms with Gasteiger partial charge in [-0.1, -0.05) is 6.07 Å². The molecule has 0 amide bonds. The second kappa shape index (κ2) is 4.42. The lowest BCUT2D eigenvalue weighted by molar-refractivity contribution is 0.415. The van der Waals surface area contributed by atoms with E-state index in [1.165, 1.54) is 10.3 Å². The molecular formula is C15H13NOS. The number of fused-ring (bicyclic) bond motifs is 1. The van der Waals surface area contributed by atoms with E-state index in [1.807, 2.05) is 24.3 Å². The van der Waals surface area contributed by atoms with Crippen LogP contribution in [0.25, 0.3) is 20.8 Å². The van der Waals surface area contributed by atoms with Gasteiger partial charge >= 0.3 is 0 Å². The second-order valence-corrected chi connectivity index (χ2v) is 5.25. The Bertz CT molecular complexity index is 685. The lowest BCUT2D eigenvalue weighted by atomic mass is 10.2. The number of hydrogen-bond donors (Lipinski definition) is 0. The summed E-state index contributed by atoms with van der Waals surface area (Å²) in [5.74, 6) is 0.871. The zero-order valence-electron chi connectivity index (χ0n) is 10.3. The Morgan fingerprint density at radius 3 is 2.56 bits per heavy atom. The molecule has 90 valence electrons. The van der Waals surface area contributed by atoms with Crippen molar-refractivity contribution in [1.29, 1.82) is 0 Å². The van der Waals surface area contributed by atoms with Crippen LogP contribution in [0.5, 0.6) is 5.75 Å². The summed E-state index contributed by atoms with van der Waals surface area (Å²) in [6.07, 6.45) is 0. The number of thiazole rings is 1. The highest BCUT2D eigenvalue weighted by atomic mass is 32.1. The highest BCUT2D eigenvalue weighted by Gasteiger charge is 2.06. The molecule has 2 aromatic carbocycles. The number of aryl methyl sites for hydroxylation is 1. The van der Waals surface area contributed by atoms with Crippen molar-refractivity contribution in [3.05, 3.63) is 48.0 Å². The minimum atomic E-state index is 0.871. The average molecular weight is 255 g/mol. The molecule has 0 fully saturated rings. The molecule has 0 saturated carbocycles. The third-order valence-corrected chi connectivity index (χ3v) is 3.95. The maximum Gasteiger partial charge on any atom is 0.124 e. The average Bonchev–Trinajstić information content (AvgIpc) is 2.81. The molecule has 3 rings (SSSR count). The van der Waals surface area contributed by atoms with Crippen molar-refractivity contribution < 1.29 is 4.74 Å². The van der Waals surface area contributed by atoms with Crippen LogP contribution in [0, 0.1) is 6.92 Å². The van der Waals surface area contributed by atoms with Crippen LogP contribution in [0.4, 0.5) is 0 Å². The van der Waals surface area contributed by atoms with Gasteiger partial charge in [0, 0.05) is 5.56 Å². The van der Waals surface area contributed by atoms with Crippen molar-refractivity contribution in [3.8, 4) is 16.3 Å². The van der Waals surface area contributed by atoms with Crippen LogP contribution in [0.15, 0.2) is 42.5 Å². The smallest absolute Gasteiger partial charge is 0.124 e. The fourth-order valence-electron chi connectivity index (χ4n) is 1.89. The zero-order chi connectivity index (χ0) is 12.5. The lowest BCUT2D eigenvalue weighted by Crippen LogP contribution is -1.82. The van der Waals surface area contributed by atoms with E-state index < -0.39 is 0 Å². The molecule has 1 heterocycles. The van der Waals surface area contributed by atoms with Gasteiger partial charge in [-0.15, -0.1) is 11.3 Å². The first kappa shape index (κ1) is 11.2. The Hall–Kier alpha value is -1.87. The van der Waals surface area contributed by atoms with E-state index in [0.717, 1.165) is 21.8 Å². The van der Waals surface area contributed by atoms with E-state index in [4.69, 9.17) is 4.74 Å². The minimum Gasteiger partial charge on any atom is -0.497 e. The maximum atomic E-state index is 5.16. The number of nitrogens with zero attached hydrogens (tertiary/aromatic N) is 1. The van der Waals surface area contributed by atoms with Crippen molar-refractivity contribution >= 4 is 21.6 Å². The first-order chi connectivity index (χ1) is 8.76. The van der Waals surface area contributed by atoms with Crippen molar-refractivity contribution in [2.45, 2.75) is 6.92 Å². The quantitative estimate of drug-likeness (QED) is 0.682. The van der Waals surface area contributed by atoms with Crippen LogP contribution >= 0.6 is 11.3 Å². The predicted octanol–water partition coefficient (Wildman–Crippen LogP) is 4.28. The SMILES string of the molecule is COc1ccc(-c2nc3ccc(C)cc3s2)cc1. The first-order valence-electron chi connectivity index (χ1n) is 5.78. The molecule has 0 N–H and O–H groups in total. The van der Waals surface area contributed by atoms with Crippen LogP contribution in [-0.2, 0) is 0 Å². The van der Waals surface area contributed by atoms with Gasteiger partial charge in [0.2, 0.25) is 0 Å². The number of benzene rings is 2. The fourth-order valence-corrected chi connectivity index (χ4v) is 2.96. The molecule has 0 spiro atoms.